The molecule has 4 unspecified atom stereocenters. The number of amides is 2. The molecule has 5 heteroatoms. The molecule has 0 radical (unpaired) electrons. The molecule has 0 bridgehead atoms. The lowest BCUT2D eigenvalue weighted by molar-refractivity contribution is -0.189. The van der Waals surface area contributed by atoms with E-state index in [2.05, 4.69) is 19.2 Å². The van der Waals surface area contributed by atoms with Gasteiger partial charge in [0.25, 0.3) is 0 Å². The quantitative estimate of drug-likeness (QED) is 0.933. The standard InChI is InChI=1S/C17H26N2O3/c1-11(13-8-6-9-21-13)19(4)16(20)18-14-12-7-5-10-22-15(12)17(14,2)3/h6,8-9,11-12,14-15H,5,7,10H2,1-4H3,(H,18,20). The van der Waals surface area contributed by atoms with Gasteiger partial charge in [-0.05, 0) is 31.9 Å². The molecule has 1 aliphatic heterocycles. The molecule has 1 N–H and O–H groups in total. The maximum Gasteiger partial charge on any atom is 0.318 e. The van der Waals surface area contributed by atoms with Crippen molar-refractivity contribution in [2.24, 2.45) is 11.3 Å². The van der Waals surface area contributed by atoms with Crippen LogP contribution in [0.3, 0.4) is 0 Å². The zero-order valence-electron chi connectivity index (χ0n) is 13.8. The highest BCUT2D eigenvalue weighted by atomic mass is 16.5. The van der Waals surface area contributed by atoms with Crippen LogP contribution in [0.15, 0.2) is 22.8 Å². The molecule has 22 heavy (non-hydrogen) atoms. The lowest BCUT2D eigenvalue weighted by Crippen LogP contribution is -2.70. The number of furan rings is 1. The molecule has 1 aromatic heterocycles. The molecule has 0 spiro atoms. The molecule has 2 aliphatic rings. The molecule has 2 amide bonds. The third-order valence-electron chi connectivity index (χ3n) is 5.47. The van der Waals surface area contributed by atoms with Gasteiger partial charge < -0.3 is 19.4 Å². The number of nitrogens with zero attached hydrogens (tertiary/aromatic N) is 1. The number of nitrogens with one attached hydrogen (secondary N) is 1. The van der Waals surface area contributed by atoms with Crippen molar-refractivity contribution in [3.05, 3.63) is 24.2 Å². The smallest absolute Gasteiger partial charge is 0.318 e. The van der Waals surface area contributed by atoms with Crippen LogP contribution in [-0.4, -0.2) is 36.7 Å². The first-order chi connectivity index (χ1) is 10.4. The minimum absolute atomic E-state index is 0.00446. The Hall–Kier alpha value is -1.49. The van der Waals surface area contributed by atoms with Gasteiger partial charge in [0.15, 0.2) is 0 Å². The van der Waals surface area contributed by atoms with Gasteiger partial charge in [-0.25, -0.2) is 4.79 Å². The van der Waals surface area contributed by atoms with E-state index in [0.29, 0.717) is 5.92 Å². The van der Waals surface area contributed by atoms with Crippen molar-refractivity contribution in [2.75, 3.05) is 13.7 Å². The van der Waals surface area contributed by atoms with Crippen molar-refractivity contribution >= 4 is 6.03 Å². The maximum absolute atomic E-state index is 12.6. The second-order valence-electron chi connectivity index (χ2n) is 7.15. The van der Waals surface area contributed by atoms with E-state index in [1.807, 2.05) is 26.1 Å². The van der Waals surface area contributed by atoms with Crippen LogP contribution >= 0.6 is 0 Å². The number of carbonyl (C=O) groups excluding carboxylic acids is 1. The summed E-state index contributed by atoms with van der Waals surface area (Å²) < 4.78 is 11.3. The maximum atomic E-state index is 12.6. The normalized spacial score (nSPS) is 30.8. The lowest BCUT2D eigenvalue weighted by atomic mass is 9.55. The predicted molar refractivity (Wildman–Crippen MR) is 83.5 cm³/mol. The molecule has 0 aromatic carbocycles. The Balaban J connectivity index is 1.64. The average molecular weight is 306 g/mol. The minimum atomic E-state index is -0.0865. The highest BCUT2D eigenvalue weighted by molar-refractivity contribution is 5.75. The molecular weight excluding hydrogens is 280 g/mol. The topological polar surface area (TPSA) is 54.7 Å². The zero-order valence-corrected chi connectivity index (χ0v) is 13.8. The van der Waals surface area contributed by atoms with Crippen LogP contribution in [0.1, 0.15) is 45.4 Å². The summed E-state index contributed by atoms with van der Waals surface area (Å²) in [6.07, 6.45) is 4.13. The average Bonchev–Trinajstić information content (AvgIpc) is 3.05. The van der Waals surface area contributed by atoms with Gasteiger partial charge in [-0.15, -0.1) is 0 Å². The van der Waals surface area contributed by atoms with E-state index in [1.165, 1.54) is 0 Å². The third kappa shape index (κ3) is 2.41. The summed E-state index contributed by atoms with van der Waals surface area (Å²) >= 11 is 0. The van der Waals surface area contributed by atoms with Gasteiger partial charge in [-0.3, -0.25) is 0 Å². The van der Waals surface area contributed by atoms with E-state index >= 15 is 0 Å². The number of hydrogen-bond acceptors (Lipinski definition) is 3. The van der Waals surface area contributed by atoms with Gasteiger partial charge in [0.05, 0.1) is 18.4 Å². The lowest BCUT2D eigenvalue weighted by Gasteiger charge is -2.60. The summed E-state index contributed by atoms with van der Waals surface area (Å²) in [4.78, 5) is 14.3. The van der Waals surface area contributed by atoms with E-state index in [-0.39, 0.29) is 29.6 Å². The van der Waals surface area contributed by atoms with Crippen LogP contribution in [-0.2, 0) is 4.74 Å². The summed E-state index contributed by atoms with van der Waals surface area (Å²) in [6, 6.07) is 3.78. The SMILES string of the molecule is CC(c1ccco1)N(C)C(=O)NC1C2CCCOC2C1(C)C. The molecule has 1 saturated carbocycles. The van der Waals surface area contributed by atoms with E-state index < -0.39 is 0 Å². The zero-order chi connectivity index (χ0) is 15.9. The molecule has 1 saturated heterocycles. The molecule has 2 fully saturated rings. The fourth-order valence-electron chi connectivity index (χ4n) is 3.95. The fourth-order valence-corrected chi connectivity index (χ4v) is 3.95. The summed E-state index contributed by atoms with van der Waals surface area (Å²) in [5.41, 5.74) is -0.00446. The summed E-state index contributed by atoms with van der Waals surface area (Å²) in [7, 11) is 1.81. The first-order valence-corrected chi connectivity index (χ1v) is 8.11. The van der Waals surface area contributed by atoms with E-state index in [4.69, 9.17) is 9.15 Å². The van der Waals surface area contributed by atoms with Crippen LogP contribution in [0.4, 0.5) is 4.79 Å². The Bertz CT molecular complexity index is 526. The number of urea groups is 1. The molecule has 1 aromatic rings. The fraction of sp³-hybridized carbons (Fsp3) is 0.706. The molecular formula is C17H26N2O3. The Labute approximate surface area is 132 Å². The Morgan fingerprint density at radius 1 is 1.50 bits per heavy atom. The van der Waals surface area contributed by atoms with Gasteiger partial charge in [-0.1, -0.05) is 13.8 Å². The Kier molecular flexibility index (Phi) is 3.93. The largest absolute Gasteiger partial charge is 0.467 e. The van der Waals surface area contributed by atoms with Gasteiger partial charge in [0, 0.05) is 31.0 Å². The van der Waals surface area contributed by atoms with Crippen LogP contribution in [0.5, 0.6) is 0 Å². The van der Waals surface area contributed by atoms with E-state index in [0.717, 1.165) is 25.2 Å². The van der Waals surface area contributed by atoms with Crippen LogP contribution in [0.25, 0.3) is 0 Å². The van der Waals surface area contributed by atoms with Crippen molar-refractivity contribution in [1.29, 1.82) is 0 Å². The summed E-state index contributed by atoms with van der Waals surface area (Å²) in [6.45, 7) is 7.18. The molecule has 3 rings (SSSR count). The second kappa shape index (κ2) is 5.61. The van der Waals surface area contributed by atoms with Gasteiger partial charge >= 0.3 is 6.03 Å². The predicted octanol–water partition coefficient (Wildman–Crippen LogP) is 3.19. The number of hydrogen-bond donors (Lipinski definition) is 1. The van der Waals surface area contributed by atoms with Gasteiger partial charge in [-0.2, -0.15) is 0 Å². The van der Waals surface area contributed by atoms with Gasteiger partial charge in [0.1, 0.15) is 5.76 Å². The molecule has 4 atom stereocenters. The van der Waals surface area contributed by atoms with Crippen molar-refractivity contribution in [2.45, 2.75) is 51.8 Å². The van der Waals surface area contributed by atoms with Crippen molar-refractivity contribution in [3.8, 4) is 0 Å². The molecule has 5 nitrogen and oxygen atoms in total. The summed E-state index contributed by atoms with van der Waals surface area (Å²) in [5.74, 6) is 1.24. The van der Waals surface area contributed by atoms with Crippen molar-refractivity contribution in [1.82, 2.24) is 10.2 Å². The first kappa shape index (κ1) is 15.4. The Morgan fingerprint density at radius 2 is 2.27 bits per heavy atom. The number of carbonyl (C=O) groups is 1. The van der Waals surface area contributed by atoms with Crippen LogP contribution < -0.4 is 5.32 Å². The first-order valence-electron chi connectivity index (χ1n) is 8.11. The van der Waals surface area contributed by atoms with Crippen LogP contribution in [0.2, 0.25) is 0 Å². The molecule has 1 aliphatic carbocycles. The number of ether oxygens (including phenoxy) is 1. The highest BCUT2D eigenvalue weighted by Gasteiger charge is 2.58. The van der Waals surface area contributed by atoms with E-state index in [1.54, 1.807) is 11.2 Å². The Morgan fingerprint density at radius 3 is 2.95 bits per heavy atom. The molecule has 2 heterocycles. The van der Waals surface area contributed by atoms with Crippen molar-refractivity contribution < 1.29 is 13.9 Å². The van der Waals surface area contributed by atoms with Gasteiger partial charge in [0.2, 0.25) is 0 Å². The summed E-state index contributed by atoms with van der Waals surface area (Å²) in [5, 5.41) is 3.21. The monoisotopic (exact) mass is 306 g/mol. The third-order valence-corrected chi connectivity index (χ3v) is 5.47. The van der Waals surface area contributed by atoms with Crippen LogP contribution in [0, 0.1) is 11.3 Å². The number of fused-ring (bicyclic) bond motifs is 1. The minimum Gasteiger partial charge on any atom is -0.467 e. The van der Waals surface area contributed by atoms with Crippen molar-refractivity contribution in [3.63, 3.8) is 0 Å². The highest BCUT2D eigenvalue weighted by Crippen LogP contribution is 2.51. The second-order valence-corrected chi connectivity index (χ2v) is 7.15. The molecule has 122 valence electrons. The van der Waals surface area contributed by atoms with E-state index in [9.17, 15) is 4.79 Å². The number of rotatable bonds is 3.